The maximum atomic E-state index is 3.41. The first-order valence-corrected chi connectivity index (χ1v) is 6.38. The lowest BCUT2D eigenvalue weighted by molar-refractivity contribution is 0.687. The van der Waals surface area contributed by atoms with Crippen molar-refractivity contribution in [1.82, 2.24) is 5.32 Å². The smallest absolute Gasteiger partial charge is 0.0587 e. The molecule has 1 nitrogen and oxygen atoms in total. The van der Waals surface area contributed by atoms with E-state index < -0.39 is 0 Å². The van der Waals surface area contributed by atoms with Crippen molar-refractivity contribution in [1.29, 1.82) is 0 Å². The summed E-state index contributed by atoms with van der Waals surface area (Å²) in [6, 6.07) is 11.1. The summed E-state index contributed by atoms with van der Waals surface area (Å²) in [6.45, 7) is 4.35. The molecule has 2 heteroatoms. The molecule has 0 amide bonds. The Balaban J connectivity index is 2.45. The molecule has 0 aliphatic rings. The minimum Gasteiger partial charge on any atom is -0.309 e. The molecule has 0 aliphatic heterocycles. The number of rotatable bonds is 3. The molecule has 1 aromatic heterocycles. The highest BCUT2D eigenvalue weighted by Gasteiger charge is 2.16. The lowest BCUT2D eigenvalue weighted by Gasteiger charge is -2.19. The Hall–Kier alpha value is -1.12. The maximum Gasteiger partial charge on any atom is 0.0587 e. The molecule has 0 spiro atoms. The van der Waals surface area contributed by atoms with Crippen LogP contribution < -0.4 is 5.32 Å². The molecule has 0 aliphatic carbocycles. The monoisotopic (exact) mass is 231 g/mol. The molecule has 0 fully saturated rings. The van der Waals surface area contributed by atoms with Crippen LogP contribution in [0.2, 0.25) is 0 Å². The topological polar surface area (TPSA) is 12.0 Å². The first-order chi connectivity index (χ1) is 7.74. The van der Waals surface area contributed by atoms with Crippen LogP contribution in [0, 0.1) is 13.8 Å². The Morgan fingerprint density at radius 2 is 1.81 bits per heavy atom. The second kappa shape index (κ2) is 4.81. The summed E-state index contributed by atoms with van der Waals surface area (Å²) < 4.78 is 0. The Morgan fingerprint density at radius 1 is 1.06 bits per heavy atom. The highest BCUT2D eigenvalue weighted by atomic mass is 32.1. The van der Waals surface area contributed by atoms with Crippen molar-refractivity contribution in [3.63, 3.8) is 0 Å². The second-order valence-corrected chi connectivity index (χ2v) is 5.13. The van der Waals surface area contributed by atoms with E-state index in [4.69, 9.17) is 0 Å². The van der Waals surface area contributed by atoms with Gasteiger partial charge in [0.15, 0.2) is 0 Å². The molecule has 1 unspecified atom stereocenters. The van der Waals surface area contributed by atoms with E-state index in [0.29, 0.717) is 6.04 Å². The molecule has 0 radical (unpaired) electrons. The fourth-order valence-electron chi connectivity index (χ4n) is 2.08. The van der Waals surface area contributed by atoms with Crippen molar-refractivity contribution in [2.75, 3.05) is 7.05 Å². The third-order valence-electron chi connectivity index (χ3n) is 3.00. The molecular formula is C14H17NS. The summed E-state index contributed by atoms with van der Waals surface area (Å²) in [5, 5.41) is 5.57. The first kappa shape index (κ1) is 11.4. The number of aryl methyl sites for hydroxylation is 2. The van der Waals surface area contributed by atoms with Gasteiger partial charge in [-0.15, -0.1) is 11.3 Å². The maximum absolute atomic E-state index is 3.41. The van der Waals surface area contributed by atoms with Gasteiger partial charge >= 0.3 is 0 Å². The van der Waals surface area contributed by atoms with E-state index in [1.807, 2.05) is 18.4 Å². The van der Waals surface area contributed by atoms with Gasteiger partial charge < -0.3 is 5.32 Å². The van der Waals surface area contributed by atoms with Gasteiger partial charge in [0.25, 0.3) is 0 Å². The molecule has 1 atom stereocenters. The lowest BCUT2D eigenvalue weighted by atomic mass is 9.96. The van der Waals surface area contributed by atoms with Crippen molar-refractivity contribution in [3.8, 4) is 0 Å². The summed E-state index contributed by atoms with van der Waals surface area (Å²) in [6.07, 6.45) is 0. The van der Waals surface area contributed by atoms with Crippen LogP contribution in [0.3, 0.4) is 0 Å². The molecule has 16 heavy (non-hydrogen) atoms. The average Bonchev–Trinajstić information content (AvgIpc) is 2.69. The first-order valence-electron chi connectivity index (χ1n) is 5.51. The minimum absolute atomic E-state index is 0.312. The van der Waals surface area contributed by atoms with Crippen LogP contribution in [0.4, 0.5) is 0 Å². The molecule has 0 saturated heterocycles. The molecule has 2 rings (SSSR count). The normalized spacial score (nSPS) is 12.7. The SMILES string of the molecule is CNC(c1ccccc1C)c1ccsc1C. The van der Waals surface area contributed by atoms with Gasteiger partial charge in [-0.25, -0.2) is 0 Å². The fourth-order valence-corrected chi connectivity index (χ4v) is 2.82. The summed E-state index contributed by atoms with van der Waals surface area (Å²) in [7, 11) is 2.02. The zero-order valence-corrected chi connectivity index (χ0v) is 10.8. The highest BCUT2D eigenvalue weighted by molar-refractivity contribution is 7.10. The largest absolute Gasteiger partial charge is 0.309 e. The lowest BCUT2D eigenvalue weighted by Crippen LogP contribution is -2.18. The van der Waals surface area contributed by atoms with E-state index in [1.165, 1.54) is 21.6 Å². The third-order valence-corrected chi connectivity index (χ3v) is 3.86. The van der Waals surface area contributed by atoms with Crippen LogP contribution in [0.25, 0.3) is 0 Å². The van der Waals surface area contributed by atoms with Gasteiger partial charge in [-0.05, 0) is 49.0 Å². The second-order valence-electron chi connectivity index (χ2n) is 4.01. The highest BCUT2D eigenvalue weighted by Crippen LogP contribution is 2.29. The van der Waals surface area contributed by atoms with Crippen LogP contribution in [0.1, 0.15) is 27.6 Å². The molecule has 84 valence electrons. The van der Waals surface area contributed by atoms with Crippen LogP contribution in [0.15, 0.2) is 35.7 Å². The zero-order chi connectivity index (χ0) is 11.5. The molecule has 1 heterocycles. The summed E-state index contributed by atoms with van der Waals surface area (Å²) in [4.78, 5) is 1.39. The van der Waals surface area contributed by atoms with Gasteiger partial charge in [0.1, 0.15) is 0 Å². The Kier molecular flexibility index (Phi) is 3.42. The summed E-state index contributed by atoms with van der Waals surface area (Å²) in [5.74, 6) is 0. The molecule has 2 aromatic rings. The molecular weight excluding hydrogens is 214 g/mol. The zero-order valence-electron chi connectivity index (χ0n) is 9.95. The van der Waals surface area contributed by atoms with E-state index in [2.05, 4.69) is 54.9 Å². The van der Waals surface area contributed by atoms with Gasteiger partial charge in [-0.1, -0.05) is 24.3 Å². The Morgan fingerprint density at radius 3 is 2.38 bits per heavy atom. The Labute approximate surface area is 101 Å². The number of benzene rings is 1. The fraction of sp³-hybridized carbons (Fsp3) is 0.286. The number of nitrogens with one attached hydrogen (secondary N) is 1. The average molecular weight is 231 g/mol. The van der Waals surface area contributed by atoms with Crippen molar-refractivity contribution >= 4 is 11.3 Å². The number of hydrogen-bond acceptors (Lipinski definition) is 2. The van der Waals surface area contributed by atoms with Crippen molar-refractivity contribution in [2.24, 2.45) is 0 Å². The summed E-state index contributed by atoms with van der Waals surface area (Å²) in [5.41, 5.74) is 4.10. The van der Waals surface area contributed by atoms with Gasteiger partial charge in [0.05, 0.1) is 6.04 Å². The minimum atomic E-state index is 0.312. The van der Waals surface area contributed by atoms with Crippen molar-refractivity contribution in [3.05, 3.63) is 57.3 Å². The molecule has 1 N–H and O–H groups in total. The predicted molar refractivity (Wildman–Crippen MR) is 71.1 cm³/mol. The van der Waals surface area contributed by atoms with E-state index in [-0.39, 0.29) is 0 Å². The van der Waals surface area contributed by atoms with Crippen molar-refractivity contribution < 1.29 is 0 Å². The Bertz CT molecular complexity index is 473. The van der Waals surface area contributed by atoms with Crippen molar-refractivity contribution in [2.45, 2.75) is 19.9 Å². The third kappa shape index (κ3) is 2.04. The summed E-state index contributed by atoms with van der Waals surface area (Å²) >= 11 is 1.81. The quantitative estimate of drug-likeness (QED) is 0.850. The molecule has 1 aromatic carbocycles. The van der Waals surface area contributed by atoms with Crippen LogP contribution in [-0.2, 0) is 0 Å². The van der Waals surface area contributed by atoms with Crippen LogP contribution in [0.5, 0.6) is 0 Å². The van der Waals surface area contributed by atoms with Gasteiger partial charge in [-0.2, -0.15) is 0 Å². The predicted octanol–water partition coefficient (Wildman–Crippen LogP) is 3.67. The number of hydrogen-bond donors (Lipinski definition) is 1. The van der Waals surface area contributed by atoms with E-state index in [9.17, 15) is 0 Å². The van der Waals surface area contributed by atoms with E-state index in [1.54, 1.807) is 0 Å². The number of thiophene rings is 1. The van der Waals surface area contributed by atoms with E-state index >= 15 is 0 Å². The van der Waals surface area contributed by atoms with Crippen LogP contribution in [-0.4, -0.2) is 7.05 Å². The standard InChI is InChI=1S/C14H17NS/c1-10-6-4-5-7-12(10)14(15-3)13-8-9-16-11(13)2/h4-9,14-15H,1-3H3. The van der Waals surface area contributed by atoms with Gasteiger partial charge in [0.2, 0.25) is 0 Å². The van der Waals surface area contributed by atoms with Gasteiger partial charge in [-0.3, -0.25) is 0 Å². The molecule has 0 bridgehead atoms. The van der Waals surface area contributed by atoms with Crippen LogP contribution >= 0.6 is 11.3 Å². The van der Waals surface area contributed by atoms with Gasteiger partial charge in [0, 0.05) is 4.88 Å². The van der Waals surface area contributed by atoms with E-state index in [0.717, 1.165) is 0 Å². The molecule has 0 saturated carbocycles.